The molecule has 1 amide bonds. The van der Waals surface area contributed by atoms with Gasteiger partial charge in [0.05, 0.1) is 12.6 Å². The zero-order valence-electron chi connectivity index (χ0n) is 12.4. The Labute approximate surface area is 135 Å². The summed E-state index contributed by atoms with van der Waals surface area (Å²) in [6.45, 7) is 2.63. The summed E-state index contributed by atoms with van der Waals surface area (Å²) in [7, 11) is 0. The van der Waals surface area contributed by atoms with Crippen LogP contribution in [0.1, 0.15) is 18.1 Å². The molecule has 0 aliphatic heterocycles. The van der Waals surface area contributed by atoms with E-state index in [1.54, 1.807) is 23.8 Å². The van der Waals surface area contributed by atoms with Gasteiger partial charge in [0, 0.05) is 18.8 Å². The molecule has 0 bridgehead atoms. The predicted molar refractivity (Wildman–Crippen MR) is 89.0 cm³/mol. The second-order valence-electron chi connectivity index (χ2n) is 4.99. The topological polar surface area (TPSA) is 77.1 Å². The van der Waals surface area contributed by atoms with Gasteiger partial charge in [-0.15, -0.1) is 12.4 Å². The van der Waals surface area contributed by atoms with E-state index in [0.717, 1.165) is 11.1 Å². The van der Waals surface area contributed by atoms with E-state index in [1.807, 2.05) is 30.3 Å². The number of carbonyl (C=O) groups is 1. The van der Waals surface area contributed by atoms with Crippen molar-refractivity contribution in [2.75, 3.05) is 0 Å². The lowest BCUT2D eigenvalue weighted by Crippen LogP contribution is -2.37. The SMILES string of the molecule is C[C@@H](N)C(=O)NCc1ccc(Cn2ccccc2=O)cc1.Cl. The number of halogens is 1. The van der Waals surface area contributed by atoms with Crippen LogP contribution in [-0.2, 0) is 17.9 Å². The first-order valence-corrected chi connectivity index (χ1v) is 6.83. The first-order chi connectivity index (χ1) is 10.1. The highest BCUT2D eigenvalue weighted by Gasteiger charge is 2.06. The summed E-state index contributed by atoms with van der Waals surface area (Å²) in [5.41, 5.74) is 7.48. The number of hydrogen-bond donors (Lipinski definition) is 2. The van der Waals surface area contributed by atoms with E-state index in [0.29, 0.717) is 13.1 Å². The third-order valence-electron chi connectivity index (χ3n) is 3.16. The molecule has 1 aromatic carbocycles. The Hall–Kier alpha value is -2.11. The molecule has 22 heavy (non-hydrogen) atoms. The van der Waals surface area contributed by atoms with Gasteiger partial charge in [-0.25, -0.2) is 0 Å². The predicted octanol–water partition coefficient (Wildman–Crippen LogP) is 1.28. The summed E-state index contributed by atoms with van der Waals surface area (Å²) < 4.78 is 1.65. The molecule has 2 rings (SSSR count). The Morgan fingerprint density at radius 3 is 2.41 bits per heavy atom. The highest BCUT2D eigenvalue weighted by Crippen LogP contribution is 2.05. The van der Waals surface area contributed by atoms with Crippen LogP contribution in [0.3, 0.4) is 0 Å². The first-order valence-electron chi connectivity index (χ1n) is 6.83. The maximum atomic E-state index is 11.6. The molecule has 0 saturated heterocycles. The van der Waals surface area contributed by atoms with Crippen molar-refractivity contribution < 1.29 is 4.79 Å². The third-order valence-corrected chi connectivity index (χ3v) is 3.16. The molecule has 0 unspecified atom stereocenters. The molecule has 0 spiro atoms. The maximum absolute atomic E-state index is 11.6. The Bertz CT molecular complexity index is 666. The quantitative estimate of drug-likeness (QED) is 0.871. The van der Waals surface area contributed by atoms with Gasteiger partial charge >= 0.3 is 0 Å². The van der Waals surface area contributed by atoms with Crippen molar-refractivity contribution in [3.8, 4) is 0 Å². The number of nitrogens with two attached hydrogens (primary N) is 1. The monoisotopic (exact) mass is 321 g/mol. The van der Waals surface area contributed by atoms with E-state index >= 15 is 0 Å². The molecule has 118 valence electrons. The molecule has 6 heteroatoms. The summed E-state index contributed by atoms with van der Waals surface area (Å²) in [4.78, 5) is 23.0. The summed E-state index contributed by atoms with van der Waals surface area (Å²) in [5, 5.41) is 2.76. The lowest BCUT2D eigenvalue weighted by Gasteiger charge is -2.09. The van der Waals surface area contributed by atoms with Crippen molar-refractivity contribution in [1.29, 1.82) is 0 Å². The average Bonchev–Trinajstić information content (AvgIpc) is 2.48. The highest BCUT2D eigenvalue weighted by atomic mass is 35.5. The summed E-state index contributed by atoms with van der Waals surface area (Å²) >= 11 is 0. The molecule has 2 aromatic rings. The van der Waals surface area contributed by atoms with Crippen LogP contribution in [0.25, 0.3) is 0 Å². The first kappa shape index (κ1) is 17.9. The molecule has 0 aliphatic rings. The summed E-state index contributed by atoms with van der Waals surface area (Å²) in [5.74, 6) is -0.171. The minimum atomic E-state index is -0.505. The Kier molecular flexibility index (Phi) is 6.82. The van der Waals surface area contributed by atoms with Crippen LogP contribution < -0.4 is 16.6 Å². The number of amides is 1. The zero-order valence-corrected chi connectivity index (χ0v) is 13.2. The highest BCUT2D eigenvalue weighted by molar-refractivity contribution is 5.85. The average molecular weight is 322 g/mol. The third kappa shape index (κ3) is 5.02. The minimum absolute atomic E-state index is 0. The molecule has 0 saturated carbocycles. The van der Waals surface area contributed by atoms with Crippen LogP contribution in [0.5, 0.6) is 0 Å². The standard InChI is InChI=1S/C16H19N3O2.ClH/c1-12(17)16(21)18-10-13-5-7-14(8-6-13)11-19-9-3-2-4-15(19)20;/h2-9,12H,10-11,17H2,1H3,(H,18,21);1H/t12-;/m1./s1. The van der Waals surface area contributed by atoms with Crippen LogP contribution in [-0.4, -0.2) is 16.5 Å². The van der Waals surface area contributed by atoms with Crippen LogP contribution in [0.4, 0.5) is 0 Å². The van der Waals surface area contributed by atoms with Gasteiger partial charge < -0.3 is 15.6 Å². The van der Waals surface area contributed by atoms with Gasteiger partial charge in [-0.2, -0.15) is 0 Å². The van der Waals surface area contributed by atoms with Gasteiger partial charge in [-0.3, -0.25) is 9.59 Å². The fourth-order valence-corrected chi connectivity index (χ4v) is 1.90. The fraction of sp³-hybridized carbons (Fsp3) is 0.250. The number of hydrogen-bond acceptors (Lipinski definition) is 3. The van der Waals surface area contributed by atoms with Crippen molar-refractivity contribution in [2.24, 2.45) is 5.73 Å². The van der Waals surface area contributed by atoms with Crippen molar-refractivity contribution in [3.63, 3.8) is 0 Å². The molecule has 0 radical (unpaired) electrons. The molecule has 0 aliphatic carbocycles. The Balaban J connectivity index is 0.00000242. The lowest BCUT2D eigenvalue weighted by atomic mass is 10.1. The van der Waals surface area contributed by atoms with E-state index in [2.05, 4.69) is 5.32 Å². The largest absolute Gasteiger partial charge is 0.351 e. The number of aromatic nitrogens is 1. The van der Waals surface area contributed by atoms with E-state index < -0.39 is 6.04 Å². The van der Waals surface area contributed by atoms with E-state index in [9.17, 15) is 9.59 Å². The van der Waals surface area contributed by atoms with Gasteiger partial charge in [-0.05, 0) is 24.1 Å². The van der Waals surface area contributed by atoms with Crippen LogP contribution >= 0.6 is 12.4 Å². The van der Waals surface area contributed by atoms with Crippen molar-refractivity contribution >= 4 is 18.3 Å². The van der Waals surface area contributed by atoms with E-state index in [-0.39, 0.29) is 23.9 Å². The van der Waals surface area contributed by atoms with Crippen molar-refractivity contribution in [1.82, 2.24) is 9.88 Å². The molecule has 0 fully saturated rings. The van der Waals surface area contributed by atoms with Gasteiger partial charge in [0.15, 0.2) is 0 Å². The molecule has 5 nitrogen and oxygen atoms in total. The van der Waals surface area contributed by atoms with Crippen LogP contribution in [0, 0.1) is 0 Å². The minimum Gasteiger partial charge on any atom is -0.351 e. The zero-order chi connectivity index (χ0) is 15.2. The number of rotatable bonds is 5. The van der Waals surface area contributed by atoms with Crippen molar-refractivity contribution in [2.45, 2.75) is 26.1 Å². The fourth-order valence-electron chi connectivity index (χ4n) is 1.90. The van der Waals surface area contributed by atoms with E-state index in [4.69, 9.17) is 5.73 Å². The van der Waals surface area contributed by atoms with Gasteiger partial charge in [-0.1, -0.05) is 30.3 Å². The number of benzene rings is 1. The van der Waals surface area contributed by atoms with E-state index in [1.165, 1.54) is 6.07 Å². The lowest BCUT2D eigenvalue weighted by molar-refractivity contribution is -0.122. The van der Waals surface area contributed by atoms with Gasteiger partial charge in [0.2, 0.25) is 5.91 Å². The number of carbonyl (C=O) groups excluding carboxylic acids is 1. The molecular weight excluding hydrogens is 302 g/mol. The van der Waals surface area contributed by atoms with Gasteiger partial charge in [0.25, 0.3) is 5.56 Å². The van der Waals surface area contributed by atoms with Crippen LogP contribution in [0.2, 0.25) is 0 Å². The van der Waals surface area contributed by atoms with Gasteiger partial charge in [0.1, 0.15) is 0 Å². The molecule has 3 N–H and O–H groups in total. The number of nitrogens with zero attached hydrogens (tertiary/aromatic N) is 1. The molecular formula is C16H20ClN3O2. The second-order valence-corrected chi connectivity index (χ2v) is 4.99. The Morgan fingerprint density at radius 1 is 1.18 bits per heavy atom. The van der Waals surface area contributed by atoms with Crippen LogP contribution in [0.15, 0.2) is 53.5 Å². The summed E-state index contributed by atoms with van der Waals surface area (Å²) in [6.07, 6.45) is 1.76. The second kappa shape index (κ2) is 8.36. The summed E-state index contributed by atoms with van der Waals surface area (Å²) in [6, 6.07) is 12.4. The maximum Gasteiger partial charge on any atom is 0.250 e. The number of nitrogens with one attached hydrogen (secondary N) is 1. The normalized spacial score (nSPS) is 11.4. The molecule has 1 aromatic heterocycles. The molecule has 1 heterocycles. The smallest absolute Gasteiger partial charge is 0.250 e. The Morgan fingerprint density at radius 2 is 1.82 bits per heavy atom. The van der Waals surface area contributed by atoms with Crippen molar-refractivity contribution in [3.05, 3.63) is 70.1 Å². The molecule has 1 atom stereocenters. The number of pyridine rings is 1.